The summed E-state index contributed by atoms with van der Waals surface area (Å²) in [5.74, 6) is 1.71. The fraction of sp³-hybridized carbons (Fsp3) is 0.300. The molecule has 2 nitrogen and oxygen atoms in total. The highest BCUT2D eigenvalue weighted by molar-refractivity contribution is 5.79. The van der Waals surface area contributed by atoms with Crippen molar-refractivity contribution in [2.45, 2.75) is 60.3 Å². The Hall–Kier alpha value is -3.13. The standard InChI is InChI=1S/C30H36N2/c1-20(2)16-25(17-21(3)4)26-18-27(22(5)6)29(28(19-26)23(7)8)32-15-14-31-30(32)24-12-10-9-11-13-24/h9-19,22-23H,1H2,2-8H3/b25-16+. The Labute approximate surface area is 194 Å². The number of rotatable bonds is 7. The quantitative estimate of drug-likeness (QED) is 0.347. The molecule has 1 heterocycles. The predicted octanol–water partition coefficient (Wildman–Crippen LogP) is 8.71. The van der Waals surface area contributed by atoms with Crippen LogP contribution in [0.1, 0.15) is 77.0 Å². The number of hydrogen-bond acceptors (Lipinski definition) is 1. The van der Waals surface area contributed by atoms with Crippen molar-refractivity contribution in [3.63, 3.8) is 0 Å². The third-order valence-corrected chi connectivity index (χ3v) is 5.51. The molecular formula is C30H36N2. The van der Waals surface area contributed by atoms with Crippen molar-refractivity contribution in [2.75, 3.05) is 0 Å². The molecule has 0 bridgehead atoms. The van der Waals surface area contributed by atoms with E-state index >= 15 is 0 Å². The van der Waals surface area contributed by atoms with E-state index in [9.17, 15) is 0 Å². The molecule has 0 aliphatic heterocycles. The van der Waals surface area contributed by atoms with E-state index in [0.717, 1.165) is 17.0 Å². The van der Waals surface area contributed by atoms with E-state index in [1.54, 1.807) is 0 Å². The minimum atomic E-state index is 0.367. The van der Waals surface area contributed by atoms with Crippen LogP contribution in [0.3, 0.4) is 0 Å². The van der Waals surface area contributed by atoms with Crippen molar-refractivity contribution < 1.29 is 0 Å². The zero-order valence-electron chi connectivity index (χ0n) is 20.6. The molecule has 32 heavy (non-hydrogen) atoms. The highest BCUT2D eigenvalue weighted by Gasteiger charge is 2.20. The van der Waals surface area contributed by atoms with Crippen molar-refractivity contribution >= 4 is 5.57 Å². The second kappa shape index (κ2) is 9.99. The Balaban J connectivity index is 2.34. The molecule has 166 valence electrons. The summed E-state index contributed by atoms with van der Waals surface area (Å²) in [5.41, 5.74) is 9.82. The highest BCUT2D eigenvalue weighted by atomic mass is 15.1. The van der Waals surface area contributed by atoms with Gasteiger partial charge in [-0.15, -0.1) is 0 Å². The number of nitrogens with zero attached hydrogens (tertiary/aromatic N) is 2. The Bertz CT molecular complexity index is 1120. The van der Waals surface area contributed by atoms with Crippen LogP contribution in [0.2, 0.25) is 0 Å². The molecule has 0 N–H and O–H groups in total. The lowest BCUT2D eigenvalue weighted by molar-refractivity contribution is 0.805. The fourth-order valence-corrected chi connectivity index (χ4v) is 4.07. The second-order valence-corrected chi connectivity index (χ2v) is 9.47. The van der Waals surface area contributed by atoms with Crippen LogP contribution in [0.4, 0.5) is 0 Å². The molecule has 2 aromatic carbocycles. The maximum atomic E-state index is 4.73. The number of allylic oxidation sites excluding steroid dienone is 5. The summed E-state index contributed by atoms with van der Waals surface area (Å²) in [6.45, 7) is 19.6. The molecule has 2 heteroatoms. The number of imidazole rings is 1. The molecular weight excluding hydrogens is 388 g/mol. The lowest BCUT2D eigenvalue weighted by atomic mass is 9.87. The average Bonchev–Trinajstić information content (AvgIpc) is 3.21. The summed E-state index contributed by atoms with van der Waals surface area (Å²) in [5, 5.41) is 0. The van der Waals surface area contributed by atoms with Gasteiger partial charge in [-0.1, -0.05) is 87.9 Å². The molecule has 0 saturated carbocycles. The van der Waals surface area contributed by atoms with Crippen LogP contribution in [0.25, 0.3) is 22.6 Å². The van der Waals surface area contributed by atoms with E-state index in [0.29, 0.717) is 11.8 Å². The highest BCUT2D eigenvalue weighted by Crippen LogP contribution is 2.37. The van der Waals surface area contributed by atoms with Crippen LogP contribution in [0, 0.1) is 0 Å². The normalized spacial score (nSPS) is 11.8. The Morgan fingerprint density at radius 1 is 0.906 bits per heavy atom. The molecule has 3 aromatic rings. The molecule has 0 aliphatic carbocycles. The van der Waals surface area contributed by atoms with Gasteiger partial charge in [-0.25, -0.2) is 4.98 Å². The van der Waals surface area contributed by atoms with Gasteiger partial charge in [0.05, 0.1) is 5.69 Å². The van der Waals surface area contributed by atoms with Crippen LogP contribution in [-0.4, -0.2) is 9.55 Å². The molecule has 0 aliphatic rings. The maximum Gasteiger partial charge on any atom is 0.144 e. The first-order chi connectivity index (χ1) is 15.2. The van der Waals surface area contributed by atoms with Gasteiger partial charge >= 0.3 is 0 Å². The van der Waals surface area contributed by atoms with Gasteiger partial charge in [-0.05, 0) is 67.0 Å². The summed E-state index contributed by atoms with van der Waals surface area (Å²) in [6.07, 6.45) is 8.43. The minimum Gasteiger partial charge on any atom is -0.299 e. The molecule has 3 rings (SSSR count). The summed E-state index contributed by atoms with van der Waals surface area (Å²) in [6, 6.07) is 15.1. The second-order valence-electron chi connectivity index (χ2n) is 9.47. The van der Waals surface area contributed by atoms with E-state index in [-0.39, 0.29) is 0 Å². The first kappa shape index (κ1) is 23.5. The maximum absolute atomic E-state index is 4.73. The molecule has 0 saturated heterocycles. The van der Waals surface area contributed by atoms with E-state index in [1.165, 1.54) is 33.5 Å². The van der Waals surface area contributed by atoms with Crippen LogP contribution >= 0.6 is 0 Å². The van der Waals surface area contributed by atoms with Gasteiger partial charge in [-0.3, -0.25) is 4.57 Å². The lowest BCUT2D eigenvalue weighted by Gasteiger charge is -2.24. The van der Waals surface area contributed by atoms with Crippen molar-refractivity contribution in [2.24, 2.45) is 0 Å². The Morgan fingerprint density at radius 3 is 2.00 bits per heavy atom. The Morgan fingerprint density at radius 2 is 1.50 bits per heavy atom. The van der Waals surface area contributed by atoms with Crippen molar-refractivity contribution in [1.29, 1.82) is 0 Å². The van der Waals surface area contributed by atoms with E-state index in [4.69, 9.17) is 4.98 Å². The van der Waals surface area contributed by atoms with Gasteiger partial charge in [0.2, 0.25) is 0 Å². The topological polar surface area (TPSA) is 17.8 Å². The van der Waals surface area contributed by atoms with E-state index < -0.39 is 0 Å². The van der Waals surface area contributed by atoms with Gasteiger partial charge in [0.15, 0.2) is 0 Å². The zero-order chi connectivity index (χ0) is 23.4. The molecule has 0 fully saturated rings. The average molecular weight is 425 g/mol. The molecule has 0 atom stereocenters. The number of benzene rings is 2. The monoisotopic (exact) mass is 424 g/mol. The lowest BCUT2D eigenvalue weighted by Crippen LogP contribution is -2.09. The summed E-state index contributed by atoms with van der Waals surface area (Å²) in [7, 11) is 0. The minimum absolute atomic E-state index is 0.367. The molecule has 0 spiro atoms. The van der Waals surface area contributed by atoms with Crippen LogP contribution in [0.5, 0.6) is 0 Å². The van der Waals surface area contributed by atoms with E-state index in [1.807, 2.05) is 12.3 Å². The third kappa shape index (κ3) is 5.19. The Kier molecular flexibility index (Phi) is 7.35. The molecule has 0 unspecified atom stereocenters. The van der Waals surface area contributed by atoms with Crippen LogP contribution in [0.15, 0.2) is 84.7 Å². The largest absolute Gasteiger partial charge is 0.299 e. The summed E-state index contributed by atoms with van der Waals surface area (Å²) in [4.78, 5) is 4.73. The van der Waals surface area contributed by atoms with Crippen molar-refractivity contribution in [3.8, 4) is 17.1 Å². The van der Waals surface area contributed by atoms with Gasteiger partial charge in [0.25, 0.3) is 0 Å². The van der Waals surface area contributed by atoms with Gasteiger partial charge in [0, 0.05) is 18.0 Å². The number of hydrogen-bond donors (Lipinski definition) is 0. The first-order valence-corrected chi connectivity index (χ1v) is 11.5. The number of aromatic nitrogens is 2. The van der Waals surface area contributed by atoms with Gasteiger partial charge in [0.1, 0.15) is 5.82 Å². The van der Waals surface area contributed by atoms with Gasteiger partial charge in [-0.2, -0.15) is 0 Å². The van der Waals surface area contributed by atoms with Gasteiger partial charge < -0.3 is 0 Å². The SMILES string of the molecule is C=C(C)/C=C(\C=C(C)C)c1cc(C(C)C)c(-n2ccnc2-c2ccccc2)c(C(C)C)c1. The first-order valence-electron chi connectivity index (χ1n) is 11.5. The van der Waals surface area contributed by atoms with Crippen molar-refractivity contribution in [1.82, 2.24) is 9.55 Å². The van der Waals surface area contributed by atoms with Crippen molar-refractivity contribution in [3.05, 3.63) is 101 Å². The van der Waals surface area contributed by atoms with Crippen LogP contribution in [-0.2, 0) is 0 Å². The predicted molar refractivity (Wildman–Crippen MR) is 139 cm³/mol. The molecule has 1 aromatic heterocycles. The fourth-order valence-electron chi connectivity index (χ4n) is 4.07. The molecule has 0 radical (unpaired) electrons. The van der Waals surface area contributed by atoms with Crippen LogP contribution < -0.4 is 0 Å². The van der Waals surface area contributed by atoms with E-state index in [2.05, 4.69) is 114 Å². The third-order valence-electron chi connectivity index (χ3n) is 5.51. The zero-order valence-corrected chi connectivity index (χ0v) is 20.6. The summed E-state index contributed by atoms with van der Waals surface area (Å²) < 4.78 is 2.27. The molecule has 0 amide bonds. The smallest absolute Gasteiger partial charge is 0.144 e. The summed E-state index contributed by atoms with van der Waals surface area (Å²) >= 11 is 0.